The van der Waals surface area contributed by atoms with E-state index in [9.17, 15) is 8.78 Å². The second kappa shape index (κ2) is 2.82. The van der Waals surface area contributed by atoms with Gasteiger partial charge in [0, 0.05) is 12.8 Å². The van der Waals surface area contributed by atoms with Gasteiger partial charge in [-0.2, -0.15) is 0 Å². The molecule has 60 valence electrons. The van der Waals surface area contributed by atoms with Crippen molar-refractivity contribution in [2.24, 2.45) is 0 Å². The molecule has 0 bridgehead atoms. The molecule has 0 amide bonds. The topological polar surface area (TPSA) is 20.2 Å². The summed E-state index contributed by atoms with van der Waals surface area (Å²) >= 11 is 0. The van der Waals surface area contributed by atoms with Gasteiger partial charge in [0.25, 0.3) is 0 Å². The lowest BCUT2D eigenvalue weighted by Gasteiger charge is -2.16. The van der Waals surface area contributed by atoms with Crippen LogP contribution >= 0.6 is 0 Å². The molecule has 0 aliphatic heterocycles. The molecule has 1 aliphatic carbocycles. The van der Waals surface area contributed by atoms with E-state index in [0.29, 0.717) is 19.3 Å². The molecule has 2 atom stereocenters. The summed E-state index contributed by atoms with van der Waals surface area (Å²) in [4.78, 5) is 0. The highest BCUT2D eigenvalue weighted by molar-refractivity contribution is 4.75. The normalized spacial score (nSPS) is 42.9. The second-order valence-corrected chi connectivity index (χ2v) is 2.97. The van der Waals surface area contributed by atoms with Crippen LogP contribution in [0.5, 0.6) is 0 Å². The fraction of sp³-hybridized carbons (Fsp3) is 1.00. The van der Waals surface area contributed by atoms with Crippen molar-refractivity contribution in [3.8, 4) is 0 Å². The summed E-state index contributed by atoms with van der Waals surface area (Å²) in [7, 11) is 0. The molecule has 1 N–H and O–H groups in total. The number of hydrogen-bond donors (Lipinski definition) is 1. The summed E-state index contributed by atoms with van der Waals surface area (Å²) in [6.45, 7) is 0. The van der Waals surface area contributed by atoms with Crippen LogP contribution in [-0.2, 0) is 0 Å². The number of hydrogen-bond acceptors (Lipinski definition) is 1. The molecule has 10 heavy (non-hydrogen) atoms. The van der Waals surface area contributed by atoms with E-state index in [1.54, 1.807) is 0 Å². The highest BCUT2D eigenvalue weighted by Gasteiger charge is 2.31. The van der Waals surface area contributed by atoms with E-state index >= 15 is 0 Å². The Morgan fingerprint density at radius 3 is 2.80 bits per heavy atom. The molecule has 0 spiro atoms. The highest BCUT2D eigenvalue weighted by Crippen LogP contribution is 2.29. The Hall–Kier alpha value is -0.180. The highest BCUT2D eigenvalue weighted by atomic mass is 19.2. The number of rotatable bonds is 0. The minimum Gasteiger partial charge on any atom is -0.362 e. The van der Waals surface area contributed by atoms with Gasteiger partial charge in [0.2, 0.25) is 5.85 Å². The van der Waals surface area contributed by atoms with Crippen LogP contribution in [0, 0.1) is 0 Å². The van der Waals surface area contributed by atoms with E-state index in [-0.39, 0.29) is 12.8 Å². The molecule has 1 rings (SSSR count). The molecule has 0 radical (unpaired) electrons. The SMILES string of the molecule is OC1(F)CCCCC(F)C1. The summed E-state index contributed by atoms with van der Waals surface area (Å²) in [6, 6.07) is 0. The summed E-state index contributed by atoms with van der Waals surface area (Å²) in [5.41, 5.74) is 0. The van der Waals surface area contributed by atoms with Crippen molar-refractivity contribution < 1.29 is 13.9 Å². The van der Waals surface area contributed by atoms with Crippen LogP contribution in [0.15, 0.2) is 0 Å². The van der Waals surface area contributed by atoms with E-state index in [1.165, 1.54) is 0 Å². The van der Waals surface area contributed by atoms with Gasteiger partial charge in [-0.25, -0.2) is 8.78 Å². The number of halogens is 2. The van der Waals surface area contributed by atoms with Crippen LogP contribution in [-0.4, -0.2) is 17.1 Å². The first-order chi connectivity index (χ1) is 4.60. The molecule has 1 nitrogen and oxygen atoms in total. The average Bonchev–Trinajstić information content (AvgIpc) is 1.90. The van der Waals surface area contributed by atoms with Gasteiger partial charge in [0.1, 0.15) is 6.17 Å². The van der Waals surface area contributed by atoms with Crippen molar-refractivity contribution >= 4 is 0 Å². The molecule has 3 heteroatoms. The first-order valence-corrected chi connectivity index (χ1v) is 3.65. The maximum Gasteiger partial charge on any atom is 0.209 e. The molecule has 2 unspecified atom stereocenters. The maximum absolute atomic E-state index is 12.7. The van der Waals surface area contributed by atoms with Gasteiger partial charge in [0.05, 0.1) is 0 Å². The molecule has 0 aromatic rings. The molecular weight excluding hydrogens is 138 g/mol. The Morgan fingerprint density at radius 2 is 2.10 bits per heavy atom. The molecule has 0 aromatic heterocycles. The van der Waals surface area contributed by atoms with E-state index in [2.05, 4.69) is 0 Å². The zero-order valence-electron chi connectivity index (χ0n) is 5.82. The van der Waals surface area contributed by atoms with Gasteiger partial charge < -0.3 is 5.11 Å². The van der Waals surface area contributed by atoms with Crippen molar-refractivity contribution in [3.63, 3.8) is 0 Å². The van der Waals surface area contributed by atoms with Gasteiger partial charge in [-0.3, -0.25) is 0 Å². The monoisotopic (exact) mass is 150 g/mol. The third-order valence-corrected chi connectivity index (χ3v) is 1.86. The van der Waals surface area contributed by atoms with Crippen LogP contribution in [0.1, 0.15) is 32.1 Å². The predicted octanol–water partition coefficient (Wildman–Crippen LogP) is 1.95. The van der Waals surface area contributed by atoms with Gasteiger partial charge in [-0.15, -0.1) is 0 Å². The van der Waals surface area contributed by atoms with Crippen LogP contribution in [0.25, 0.3) is 0 Å². The van der Waals surface area contributed by atoms with Crippen molar-refractivity contribution in [2.45, 2.75) is 44.1 Å². The van der Waals surface area contributed by atoms with Crippen molar-refractivity contribution in [1.82, 2.24) is 0 Å². The van der Waals surface area contributed by atoms with Crippen LogP contribution in [0.2, 0.25) is 0 Å². The van der Waals surface area contributed by atoms with Gasteiger partial charge in [-0.1, -0.05) is 6.42 Å². The standard InChI is InChI=1S/C7H12F2O/c8-6-3-1-2-4-7(9,10)5-6/h6,10H,1-5H2. The zero-order valence-corrected chi connectivity index (χ0v) is 5.82. The van der Waals surface area contributed by atoms with Crippen molar-refractivity contribution in [3.05, 3.63) is 0 Å². The lowest BCUT2D eigenvalue weighted by molar-refractivity contribution is -0.108. The van der Waals surface area contributed by atoms with Gasteiger partial charge in [0.15, 0.2) is 0 Å². The maximum atomic E-state index is 12.7. The van der Waals surface area contributed by atoms with E-state index in [0.717, 1.165) is 0 Å². The smallest absolute Gasteiger partial charge is 0.209 e. The summed E-state index contributed by atoms with van der Waals surface area (Å²) in [6.07, 6.45) is 0.269. The third kappa shape index (κ3) is 2.21. The second-order valence-electron chi connectivity index (χ2n) is 2.97. The Kier molecular flexibility index (Phi) is 2.24. The molecule has 1 fully saturated rings. The third-order valence-electron chi connectivity index (χ3n) is 1.86. The van der Waals surface area contributed by atoms with Crippen LogP contribution < -0.4 is 0 Å². The predicted molar refractivity (Wildman–Crippen MR) is 34.0 cm³/mol. The largest absolute Gasteiger partial charge is 0.362 e. The fourth-order valence-electron chi connectivity index (χ4n) is 1.31. The summed E-state index contributed by atoms with van der Waals surface area (Å²) in [5, 5.41) is 8.82. The summed E-state index contributed by atoms with van der Waals surface area (Å²) in [5.74, 6) is -2.24. The Labute approximate surface area is 59.0 Å². The Morgan fingerprint density at radius 1 is 1.40 bits per heavy atom. The first kappa shape index (κ1) is 7.92. The molecule has 1 aliphatic rings. The fourth-order valence-corrected chi connectivity index (χ4v) is 1.31. The first-order valence-electron chi connectivity index (χ1n) is 3.65. The van der Waals surface area contributed by atoms with Gasteiger partial charge >= 0.3 is 0 Å². The number of aliphatic hydroxyl groups is 1. The van der Waals surface area contributed by atoms with E-state index in [4.69, 9.17) is 5.11 Å². The lowest BCUT2D eigenvalue weighted by Crippen LogP contribution is -2.24. The molecule has 0 saturated heterocycles. The minimum absolute atomic E-state index is 0.0907. The average molecular weight is 150 g/mol. The van der Waals surface area contributed by atoms with Crippen LogP contribution in [0.3, 0.4) is 0 Å². The minimum atomic E-state index is -2.24. The molecule has 1 saturated carbocycles. The van der Waals surface area contributed by atoms with Crippen LogP contribution in [0.4, 0.5) is 8.78 Å². The van der Waals surface area contributed by atoms with E-state index in [1.807, 2.05) is 0 Å². The van der Waals surface area contributed by atoms with Crippen molar-refractivity contribution in [1.29, 1.82) is 0 Å². The number of alkyl halides is 2. The summed E-state index contributed by atoms with van der Waals surface area (Å²) < 4.78 is 25.2. The zero-order chi connectivity index (χ0) is 7.61. The lowest BCUT2D eigenvalue weighted by atomic mass is 10.1. The van der Waals surface area contributed by atoms with E-state index < -0.39 is 12.0 Å². The molecular formula is C7H12F2O. The molecule has 0 heterocycles. The van der Waals surface area contributed by atoms with Gasteiger partial charge in [-0.05, 0) is 12.8 Å². The van der Waals surface area contributed by atoms with Crippen molar-refractivity contribution in [2.75, 3.05) is 0 Å². The Balaban J connectivity index is 2.46. The Bertz CT molecular complexity index is 114. The molecule has 0 aromatic carbocycles. The quantitative estimate of drug-likeness (QED) is 0.523.